The van der Waals surface area contributed by atoms with Crippen molar-refractivity contribution < 1.29 is 114 Å². The van der Waals surface area contributed by atoms with Crippen LogP contribution in [0.4, 0.5) is 11.4 Å². The van der Waals surface area contributed by atoms with E-state index in [9.17, 15) is 10.2 Å². The molecule has 552 valence electrons. The number of unbranched alkanes of at least 4 members (excludes halogenated alkanes) is 2. The fourth-order valence-corrected chi connectivity index (χ4v) is 8.24. The van der Waals surface area contributed by atoms with Gasteiger partial charge in [0.2, 0.25) is 0 Å². The average Bonchev–Trinajstić information content (AvgIpc) is 0.814. The minimum Gasteiger partial charge on any atom is -1.00 e. The molecule has 0 heterocycles. The Hall–Kier alpha value is -3.58. The number of hydrogen-bond acceptors (Lipinski definition) is 22. The molecule has 0 radical (unpaired) electrons. The molecule has 95 heavy (non-hydrogen) atoms. The number of rotatable bonds is 55. The highest BCUT2D eigenvalue weighted by molar-refractivity contribution is 6.04. The van der Waals surface area contributed by atoms with Crippen LogP contribution in [0.1, 0.15) is 106 Å². The first kappa shape index (κ1) is 91.4. The monoisotopic (exact) mass is 1380 g/mol. The van der Waals surface area contributed by atoms with E-state index in [2.05, 4.69) is 70.2 Å². The maximum absolute atomic E-state index is 9.42. The van der Waals surface area contributed by atoms with Crippen LogP contribution in [-0.2, 0) is 66.3 Å². The van der Waals surface area contributed by atoms with Gasteiger partial charge in [-0.25, -0.2) is 4.58 Å². The lowest BCUT2D eigenvalue weighted by Gasteiger charge is -2.25. The van der Waals surface area contributed by atoms with Crippen LogP contribution in [0.2, 0.25) is 0 Å². The maximum Gasteiger partial charge on any atom is 0.199 e. The molecule has 1 aliphatic carbocycles. The molecule has 0 amide bonds. The van der Waals surface area contributed by atoms with Crippen LogP contribution in [0, 0.1) is 0 Å². The molecule has 1 aliphatic rings. The molecule has 23 nitrogen and oxygen atoms in total. The van der Waals surface area contributed by atoms with E-state index in [1.54, 1.807) is 41.5 Å². The quantitative estimate of drug-likeness (QED) is 0.0284. The predicted octanol–water partition coefficient (Wildman–Crippen LogP) is 3.32. The van der Waals surface area contributed by atoms with Crippen LogP contribution in [-0.4, -0.2) is 288 Å². The highest BCUT2D eigenvalue weighted by Crippen LogP contribution is 2.31. The van der Waals surface area contributed by atoms with Crippen molar-refractivity contribution in [2.75, 3.05) is 196 Å². The minimum atomic E-state index is -0.501. The number of halogens is 1. The van der Waals surface area contributed by atoms with Gasteiger partial charge in [-0.15, -0.1) is 0 Å². The molecule has 10 atom stereocenters. The van der Waals surface area contributed by atoms with Crippen molar-refractivity contribution in [2.24, 2.45) is 0 Å². The molecule has 0 saturated heterocycles. The van der Waals surface area contributed by atoms with E-state index in [0.717, 1.165) is 65.0 Å². The molecular weight excluding hydrogens is 1250 g/mol. The molecule has 0 bridgehead atoms. The van der Waals surface area contributed by atoms with E-state index in [1.165, 1.54) is 0 Å². The molecule has 3 rings (SSSR count). The standard InChI is InChI=1S/C46H71N3O10.C15H32O6.C10H22O4.ClH/c1-35(50)30-57-37(3)32-55-28-26-53-23-21-49(20-22-52-24-25-54-27-29-56-33-38(4)59-34-39(5)58-31-36(2)51)45-18-12-42(13-19-45)46(40-8-14-43(47)15-9-40)41-10-16-44(17-11-41)48(6)7;1-13(16)10-20-9-8-18-6-4-5-7-19-12-15(3)21-11-14(2)17;1-9(11)7-13-5-3-4-6-14-8-10(2)12;/h8-19,35-39,47,50-51H,20-34H2,1-7H3;13-17H,4-12H2,1-3H3;9-12H,3-8H2,1-2H3;1H. The topological polar surface area (TPSA) is 283 Å². The molecule has 24 heteroatoms. The highest BCUT2D eigenvalue weighted by Gasteiger charge is 2.16. The van der Waals surface area contributed by atoms with Gasteiger partial charge in [0.05, 0.1) is 193 Å². The van der Waals surface area contributed by atoms with Crippen LogP contribution >= 0.6 is 0 Å². The zero-order valence-corrected chi connectivity index (χ0v) is 60.4. The summed E-state index contributed by atoms with van der Waals surface area (Å²) in [5, 5.41) is 54.6. The lowest BCUT2D eigenvalue weighted by atomic mass is 9.90. The van der Waals surface area contributed by atoms with E-state index in [1.807, 2.05) is 53.9 Å². The number of aliphatic hydroxyl groups is 6. The van der Waals surface area contributed by atoms with Gasteiger partial charge in [-0.05, 0) is 154 Å². The molecule has 0 saturated carbocycles. The third kappa shape index (κ3) is 54.0. The first-order valence-corrected chi connectivity index (χ1v) is 33.8. The number of nitrogen functional groups attached to an aromatic ring is 1. The largest absolute Gasteiger partial charge is 1.00 e. The zero-order chi connectivity index (χ0) is 69.6. The third-order valence-electron chi connectivity index (χ3n) is 13.2. The second-order valence-electron chi connectivity index (χ2n) is 24.0. The maximum atomic E-state index is 9.42. The number of ether oxygens (including phenoxy) is 14. The van der Waals surface area contributed by atoms with Crippen molar-refractivity contribution >= 4 is 22.7 Å². The Morgan fingerprint density at radius 2 is 0.642 bits per heavy atom. The number of aliphatic hydroxyl groups excluding tert-OH is 6. The molecule has 2 aromatic rings. The molecule has 0 aromatic heterocycles. The summed E-state index contributed by atoms with van der Waals surface area (Å²) < 4.78 is 79.8. The van der Waals surface area contributed by atoms with Gasteiger partial charge in [0.15, 0.2) is 5.71 Å². The molecule has 2 aromatic carbocycles. The van der Waals surface area contributed by atoms with Gasteiger partial charge in [0.25, 0.3) is 0 Å². The van der Waals surface area contributed by atoms with Gasteiger partial charge in [-0.1, -0.05) is 24.3 Å². The fraction of sp³-hybridized carbons (Fsp3) is 0.732. The van der Waals surface area contributed by atoms with Gasteiger partial charge in [-0.2, -0.15) is 0 Å². The highest BCUT2D eigenvalue weighted by atomic mass is 35.5. The van der Waals surface area contributed by atoms with E-state index < -0.39 is 24.4 Å². The first-order chi connectivity index (χ1) is 45.1. The van der Waals surface area contributed by atoms with Gasteiger partial charge in [0, 0.05) is 63.0 Å². The lowest BCUT2D eigenvalue weighted by molar-refractivity contribution is -0.462. The number of benzene rings is 2. The normalized spacial score (nSPS) is 15.3. The van der Waals surface area contributed by atoms with Gasteiger partial charge in [-0.3, -0.25) is 0 Å². The summed E-state index contributed by atoms with van der Waals surface area (Å²) in [4.78, 5) is 2.27. The minimum absolute atomic E-state index is 0. The van der Waals surface area contributed by atoms with Gasteiger partial charge in [0.1, 0.15) is 14.1 Å². The second kappa shape index (κ2) is 60.4. The van der Waals surface area contributed by atoms with Crippen LogP contribution in [0.25, 0.3) is 5.57 Å². The van der Waals surface area contributed by atoms with Crippen molar-refractivity contribution in [3.8, 4) is 0 Å². The van der Waals surface area contributed by atoms with E-state index in [0.29, 0.717) is 165 Å². The van der Waals surface area contributed by atoms with Crippen molar-refractivity contribution in [3.05, 3.63) is 89.5 Å². The Kier molecular flexibility index (Phi) is 58.1. The first-order valence-electron chi connectivity index (χ1n) is 33.8. The molecule has 8 N–H and O–H groups in total. The third-order valence-corrected chi connectivity index (χ3v) is 13.2. The smallest absolute Gasteiger partial charge is 0.199 e. The van der Waals surface area contributed by atoms with Crippen LogP contribution in [0.5, 0.6) is 0 Å². The van der Waals surface area contributed by atoms with Crippen molar-refractivity contribution in [1.29, 1.82) is 0 Å². The number of allylic oxidation sites excluding steroid dienone is 5. The SMILES string of the molecule is CC(O)COC(C)COCCOCCN(CCOCCOCCOCC(C)OCC(C)OCC(C)O)c1ccc(C(=C2C=CC(=[N+](C)C)C=C2)c2ccc(N)cc2)cc1.CC(O)COCCCCOCC(C)O.CC(O)COCCOCCCCOCC(C)OCC(C)O.[Cl-]. The Balaban J connectivity index is 0.00000200. The van der Waals surface area contributed by atoms with Crippen molar-refractivity contribution in [1.82, 2.24) is 0 Å². The summed E-state index contributed by atoms with van der Waals surface area (Å²) in [5.41, 5.74) is 13.4. The molecule has 0 fully saturated rings. The molecular formula is C71H126ClN3O20. The average molecular weight is 1380 g/mol. The molecule has 0 spiro atoms. The number of anilines is 2. The van der Waals surface area contributed by atoms with Crippen LogP contribution in [0.15, 0.2) is 78.4 Å². The molecule has 0 aliphatic heterocycles. The Morgan fingerprint density at radius 3 is 1.01 bits per heavy atom. The predicted molar refractivity (Wildman–Crippen MR) is 369 cm³/mol. The summed E-state index contributed by atoms with van der Waals surface area (Å²) in [6.45, 7) is 30.8. The van der Waals surface area contributed by atoms with E-state index in [4.69, 9.17) is 92.5 Å². The Labute approximate surface area is 576 Å². The Morgan fingerprint density at radius 1 is 0.358 bits per heavy atom. The zero-order valence-electron chi connectivity index (χ0n) is 59.7. The van der Waals surface area contributed by atoms with Gasteiger partial charge >= 0.3 is 0 Å². The summed E-state index contributed by atoms with van der Waals surface area (Å²) >= 11 is 0. The fourth-order valence-electron chi connectivity index (χ4n) is 8.24. The summed E-state index contributed by atoms with van der Waals surface area (Å²) in [6, 6.07) is 16.7. The molecule has 10 unspecified atom stereocenters. The van der Waals surface area contributed by atoms with Crippen LogP contribution < -0.4 is 23.0 Å². The second-order valence-corrected chi connectivity index (χ2v) is 24.0. The number of nitrogens with two attached hydrogens (primary N) is 1. The van der Waals surface area contributed by atoms with E-state index >= 15 is 0 Å². The number of hydrogen-bond donors (Lipinski definition) is 7. The Bertz CT molecular complexity index is 2170. The van der Waals surface area contributed by atoms with Crippen molar-refractivity contribution in [3.63, 3.8) is 0 Å². The van der Waals surface area contributed by atoms with Crippen LogP contribution in [0.3, 0.4) is 0 Å². The van der Waals surface area contributed by atoms with Crippen molar-refractivity contribution in [2.45, 2.75) is 156 Å². The lowest BCUT2D eigenvalue weighted by Crippen LogP contribution is -3.00. The van der Waals surface area contributed by atoms with E-state index in [-0.39, 0.29) is 55.6 Å². The summed E-state index contributed by atoms with van der Waals surface area (Å²) in [6.07, 6.45) is 9.43. The van der Waals surface area contributed by atoms with Gasteiger partial charge < -0.3 is 120 Å². The summed E-state index contributed by atoms with van der Waals surface area (Å²) in [7, 11) is 4.08. The summed E-state index contributed by atoms with van der Waals surface area (Å²) in [5.74, 6) is 0. The number of nitrogens with zero attached hydrogens (tertiary/aromatic N) is 2.